The van der Waals surface area contributed by atoms with Crippen LogP contribution in [0.3, 0.4) is 0 Å². The molecule has 3 N–H and O–H groups in total. The van der Waals surface area contributed by atoms with Gasteiger partial charge in [-0.05, 0) is 61.2 Å². The zero-order valence-electron chi connectivity index (χ0n) is 19.2. The lowest BCUT2D eigenvalue weighted by atomic mass is 9.84. The molecule has 1 aliphatic rings. The first-order valence-electron chi connectivity index (χ1n) is 10.8. The molecule has 33 heavy (non-hydrogen) atoms. The van der Waals surface area contributed by atoms with Crippen LogP contribution in [0.15, 0.2) is 47.5 Å². The Bertz CT molecular complexity index is 1140. The summed E-state index contributed by atoms with van der Waals surface area (Å²) in [4.78, 5) is 31.4. The minimum atomic E-state index is -0.587. The normalized spacial score (nSPS) is 19.1. The maximum atomic E-state index is 14.3. The van der Waals surface area contributed by atoms with Crippen LogP contribution in [0.4, 0.5) is 4.39 Å². The first-order valence-corrected chi connectivity index (χ1v) is 10.8. The predicted molar refractivity (Wildman–Crippen MR) is 123 cm³/mol. The van der Waals surface area contributed by atoms with Crippen molar-refractivity contribution >= 4 is 17.8 Å². The highest BCUT2D eigenvalue weighted by Crippen LogP contribution is 2.30. The summed E-state index contributed by atoms with van der Waals surface area (Å²) in [6.07, 6.45) is 0.204. The molecule has 2 amide bonds. The van der Waals surface area contributed by atoms with Crippen LogP contribution in [0.1, 0.15) is 67.2 Å². The molecule has 3 rings (SSSR count). The highest BCUT2D eigenvalue weighted by atomic mass is 19.1. The molecule has 2 aromatic rings. The molecular formula is C25H28FN5O2. The van der Waals surface area contributed by atoms with E-state index in [1.807, 2.05) is 26.8 Å². The Kier molecular flexibility index (Phi) is 6.82. The monoisotopic (exact) mass is 449 g/mol. The smallest absolute Gasteiger partial charge is 0.251 e. The SMILES string of the molecule is CC(NC(=O)c1cc(F)cc(CN2C(=O)CC(C)(C(C)C)N=C2N)c1)c1ccc(C#N)cc1. The Morgan fingerprint density at radius 2 is 1.94 bits per heavy atom. The van der Waals surface area contributed by atoms with Gasteiger partial charge in [-0.25, -0.2) is 9.38 Å². The zero-order chi connectivity index (χ0) is 24.3. The fourth-order valence-corrected chi connectivity index (χ4v) is 3.66. The van der Waals surface area contributed by atoms with Crippen LogP contribution in [-0.4, -0.2) is 28.2 Å². The third-order valence-corrected chi connectivity index (χ3v) is 6.15. The average Bonchev–Trinajstić information content (AvgIpc) is 2.75. The van der Waals surface area contributed by atoms with Gasteiger partial charge in [-0.15, -0.1) is 0 Å². The van der Waals surface area contributed by atoms with Crippen molar-refractivity contribution in [1.82, 2.24) is 10.2 Å². The molecule has 7 nitrogen and oxygen atoms in total. The number of halogens is 1. The molecular weight excluding hydrogens is 421 g/mol. The van der Waals surface area contributed by atoms with Crippen LogP contribution < -0.4 is 11.1 Å². The van der Waals surface area contributed by atoms with Crippen molar-refractivity contribution in [2.75, 3.05) is 0 Å². The van der Waals surface area contributed by atoms with E-state index in [2.05, 4.69) is 10.3 Å². The number of nitrogens with zero attached hydrogens (tertiary/aromatic N) is 3. The number of nitrogens with one attached hydrogen (secondary N) is 1. The molecule has 2 aromatic carbocycles. The lowest BCUT2D eigenvalue weighted by Gasteiger charge is -2.37. The Morgan fingerprint density at radius 3 is 2.52 bits per heavy atom. The Balaban J connectivity index is 1.77. The topological polar surface area (TPSA) is 112 Å². The largest absolute Gasteiger partial charge is 0.369 e. The van der Waals surface area contributed by atoms with E-state index in [4.69, 9.17) is 11.0 Å². The van der Waals surface area contributed by atoms with Crippen molar-refractivity contribution in [1.29, 1.82) is 5.26 Å². The molecule has 0 bridgehead atoms. The fraction of sp³-hybridized carbons (Fsp3) is 0.360. The lowest BCUT2D eigenvalue weighted by molar-refractivity contribution is -0.130. The maximum Gasteiger partial charge on any atom is 0.251 e. The van der Waals surface area contributed by atoms with Gasteiger partial charge in [0.2, 0.25) is 5.91 Å². The van der Waals surface area contributed by atoms with E-state index in [1.165, 1.54) is 11.0 Å². The second-order valence-electron chi connectivity index (χ2n) is 8.92. The Hall–Kier alpha value is -3.73. The minimum Gasteiger partial charge on any atom is -0.369 e. The van der Waals surface area contributed by atoms with E-state index in [1.54, 1.807) is 37.3 Å². The van der Waals surface area contributed by atoms with Crippen molar-refractivity contribution < 1.29 is 14.0 Å². The predicted octanol–water partition coefficient (Wildman–Crippen LogP) is 3.65. The van der Waals surface area contributed by atoms with E-state index in [0.29, 0.717) is 11.1 Å². The van der Waals surface area contributed by atoms with Gasteiger partial charge >= 0.3 is 0 Å². The second-order valence-corrected chi connectivity index (χ2v) is 8.92. The third kappa shape index (κ3) is 5.37. The molecule has 2 unspecified atom stereocenters. The van der Waals surface area contributed by atoms with E-state index in [9.17, 15) is 14.0 Å². The number of hydrogen-bond donors (Lipinski definition) is 2. The molecule has 0 radical (unpaired) electrons. The number of carbonyl (C=O) groups is 2. The van der Waals surface area contributed by atoms with Gasteiger partial charge < -0.3 is 11.1 Å². The van der Waals surface area contributed by atoms with Gasteiger partial charge in [0.15, 0.2) is 5.96 Å². The fourth-order valence-electron chi connectivity index (χ4n) is 3.66. The second kappa shape index (κ2) is 9.41. The summed E-state index contributed by atoms with van der Waals surface area (Å²) in [6, 6.07) is 12.5. The van der Waals surface area contributed by atoms with E-state index in [-0.39, 0.29) is 42.4 Å². The number of benzene rings is 2. The number of hydrogen-bond acceptors (Lipinski definition) is 5. The first kappa shape index (κ1) is 23.9. The van der Waals surface area contributed by atoms with Crippen LogP contribution in [0, 0.1) is 23.1 Å². The summed E-state index contributed by atoms with van der Waals surface area (Å²) < 4.78 is 14.3. The highest BCUT2D eigenvalue weighted by molar-refractivity contribution is 5.99. The maximum absolute atomic E-state index is 14.3. The van der Waals surface area contributed by atoms with Crippen molar-refractivity contribution in [3.05, 3.63) is 70.5 Å². The molecule has 1 aliphatic heterocycles. The van der Waals surface area contributed by atoms with E-state index in [0.717, 1.165) is 11.6 Å². The van der Waals surface area contributed by atoms with Crippen molar-refractivity contribution in [2.24, 2.45) is 16.6 Å². The van der Waals surface area contributed by atoms with Crippen LogP contribution in [0.5, 0.6) is 0 Å². The number of guanidine groups is 1. The van der Waals surface area contributed by atoms with Gasteiger partial charge in [0.05, 0.1) is 36.2 Å². The Morgan fingerprint density at radius 1 is 1.27 bits per heavy atom. The van der Waals surface area contributed by atoms with Gasteiger partial charge in [-0.1, -0.05) is 26.0 Å². The minimum absolute atomic E-state index is 0.0194. The molecule has 0 fully saturated rings. The zero-order valence-corrected chi connectivity index (χ0v) is 19.2. The van der Waals surface area contributed by atoms with Gasteiger partial charge in [0.1, 0.15) is 5.82 Å². The first-order chi connectivity index (χ1) is 15.5. The van der Waals surface area contributed by atoms with E-state index < -0.39 is 17.3 Å². The van der Waals surface area contributed by atoms with E-state index >= 15 is 0 Å². The van der Waals surface area contributed by atoms with Gasteiger partial charge in [0.25, 0.3) is 5.91 Å². The Labute approximate surface area is 193 Å². The van der Waals surface area contributed by atoms with Gasteiger partial charge in [0, 0.05) is 5.56 Å². The molecule has 8 heteroatoms. The number of amides is 2. The van der Waals surface area contributed by atoms with Crippen molar-refractivity contribution in [3.63, 3.8) is 0 Å². The summed E-state index contributed by atoms with van der Waals surface area (Å²) in [5.41, 5.74) is 7.41. The summed E-state index contributed by atoms with van der Waals surface area (Å²) in [5, 5.41) is 11.7. The standard InChI is InChI=1S/C25H28FN5O2/c1-15(2)25(4)12-22(32)31(24(28)30-25)14-18-9-20(11-21(26)10-18)23(33)29-16(3)19-7-5-17(13-27)6-8-19/h5-11,15-16H,12,14H2,1-4H3,(H2,28,30)(H,29,33). The lowest BCUT2D eigenvalue weighted by Crippen LogP contribution is -2.51. The number of rotatable bonds is 6. The van der Waals surface area contributed by atoms with Gasteiger partial charge in [-0.3, -0.25) is 14.5 Å². The van der Waals surface area contributed by atoms with Crippen molar-refractivity contribution in [2.45, 2.75) is 52.2 Å². The molecule has 0 aromatic heterocycles. The number of carbonyl (C=O) groups excluding carboxylic acids is 2. The third-order valence-electron chi connectivity index (χ3n) is 6.15. The molecule has 0 spiro atoms. The average molecular weight is 450 g/mol. The number of nitrogens with two attached hydrogens (primary N) is 1. The molecule has 0 saturated carbocycles. The molecule has 172 valence electrons. The molecule has 0 aliphatic carbocycles. The summed E-state index contributed by atoms with van der Waals surface area (Å²) >= 11 is 0. The summed E-state index contributed by atoms with van der Waals surface area (Å²) in [5.74, 6) is -1.01. The van der Waals surface area contributed by atoms with Crippen LogP contribution in [0.2, 0.25) is 0 Å². The molecule has 0 saturated heterocycles. The van der Waals surface area contributed by atoms with Gasteiger partial charge in [-0.2, -0.15) is 5.26 Å². The number of nitriles is 1. The highest BCUT2D eigenvalue weighted by Gasteiger charge is 2.38. The summed E-state index contributed by atoms with van der Waals surface area (Å²) in [6.45, 7) is 7.67. The molecule has 2 atom stereocenters. The van der Waals surface area contributed by atoms with Crippen LogP contribution in [0.25, 0.3) is 0 Å². The van der Waals surface area contributed by atoms with Crippen LogP contribution in [-0.2, 0) is 11.3 Å². The molecule has 1 heterocycles. The summed E-state index contributed by atoms with van der Waals surface area (Å²) in [7, 11) is 0. The van der Waals surface area contributed by atoms with Crippen molar-refractivity contribution in [3.8, 4) is 6.07 Å². The number of aliphatic imine (C=N–C) groups is 1. The van der Waals surface area contributed by atoms with Crippen LogP contribution >= 0.6 is 0 Å². The quantitative estimate of drug-likeness (QED) is 0.701.